The molecule has 1 aromatic rings. The fourth-order valence-electron chi connectivity index (χ4n) is 1.90. The van der Waals surface area contributed by atoms with Gasteiger partial charge in [-0.05, 0) is 25.5 Å². The molecule has 0 aliphatic rings. The summed E-state index contributed by atoms with van der Waals surface area (Å²) in [7, 11) is 1.34. The second kappa shape index (κ2) is 6.92. The molecule has 7 heteroatoms. The number of hydrogen-bond acceptors (Lipinski definition) is 3. The number of rotatable bonds is 6. The van der Waals surface area contributed by atoms with Crippen LogP contribution in [0.15, 0.2) is 18.2 Å². The molecule has 0 aliphatic heterocycles. The number of anilines is 1. The molecule has 1 aromatic carbocycles. The van der Waals surface area contributed by atoms with Crippen LogP contribution in [0, 0.1) is 5.82 Å². The summed E-state index contributed by atoms with van der Waals surface area (Å²) in [6.07, 6.45) is 0.888. The smallest absolute Gasteiger partial charge is 0.329 e. The molecule has 0 saturated carbocycles. The Morgan fingerprint density at radius 2 is 2.10 bits per heavy atom. The molecule has 1 rings (SSSR count). The molecule has 6 nitrogen and oxygen atoms in total. The van der Waals surface area contributed by atoms with Crippen LogP contribution in [0.5, 0.6) is 5.75 Å². The summed E-state index contributed by atoms with van der Waals surface area (Å²) in [5.74, 6) is -1.47. The van der Waals surface area contributed by atoms with Crippen molar-refractivity contribution in [2.24, 2.45) is 0 Å². The molecule has 21 heavy (non-hydrogen) atoms. The molecule has 1 atom stereocenters. The van der Waals surface area contributed by atoms with Crippen molar-refractivity contribution in [3.63, 3.8) is 0 Å². The first-order valence-electron chi connectivity index (χ1n) is 6.48. The maximum absolute atomic E-state index is 13.1. The Labute approximate surface area is 122 Å². The van der Waals surface area contributed by atoms with Crippen molar-refractivity contribution >= 4 is 17.7 Å². The number of urea groups is 1. The number of carbonyl (C=O) groups is 2. The summed E-state index contributed by atoms with van der Waals surface area (Å²) in [6.45, 7) is 3.25. The summed E-state index contributed by atoms with van der Waals surface area (Å²) >= 11 is 0. The van der Waals surface area contributed by atoms with Crippen LogP contribution in [0.1, 0.15) is 26.7 Å². The standard InChI is InChI=1S/C14H19FN2O4/c1-4-7-14(2,12(18)19)17-13(20)16-10-6-5-9(15)8-11(10)21-3/h5-6,8H,4,7H2,1-3H3,(H,18,19)(H2,16,17,20). The van der Waals surface area contributed by atoms with Gasteiger partial charge in [-0.2, -0.15) is 0 Å². The number of carbonyl (C=O) groups excluding carboxylic acids is 1. The van der Waals surface area contributed by atoms with Crippen LogP contribution in [0.2, 0.25) is 0 Å². The molecule has 116 valence electrons. The number of amides is 2. The van der Waals surface area contributed by atoms with E-state index < -0.39 is 23.4 Å². The highest BCUT2D eigenvalue weighted by Crippen LogP contribution is 2.25. The van der Waals surface area contributed by atoms with Gasteiger partial charge in [0.25, 0.3) is 0 Å². The Morgan fingerprint density at radius 3 is 2.62 bits per heavy atom. The highest BCUT2D eigenvalue weighted by Gasteiger charge is 2.33. The van der Waals surface area contributed by atoms with Crippen LogP contribution < -0.4 is 15.4 Å². The molecule has 1 unspecified atom stereocenters. The minimum atomic E-state index is -1.37. The van der Waals surface area contributed by atoms with E-state index in [0.717, 1.165) is 6.07 Å². The zero-order valence-corrected chi connectivity index (χ0v) is 12.2. The molecule has 0 heterocycles. The van der Waals surface area contributed by atoms with E-state index in [1.54, 1.807) is 0 Å². The van der Waals surface area contributed by atoms with Crippen LogP contribution >= 0.6 is 0 Å². The van der Waals surface area contributed by atoms with E-state index in [1.807, 2.05) is 6.92 Å². The summed E-state index contributed by atoms with van der Waals surface area (Å²) < 4.78 is 18.0. The minimum absolute atomic E-state index is 0.151. The molecular weight excluding hydrogens is 279 g/mol. The third-order valence-corrected chi connectivity index (χ3v) is 3.02. The number of halogens is 1. The van der Waals surface area contributed by atoms with Gasteiger partial charge in [-0.25, -0.2) is 14.0 Å². The predicted molar refractivity (Wildman–Crippen MR) is 76.1 cm³/mol. The maximum atomic E-state index is 13.1. The molecule has 0 fully saturated rings. The molecule has 3 N–H and O–H groups in total. The van der Waals surface area contributed by atoms with Gasteiger partial charge in [0, 0.05) is 6.07 Å². The lowest BCUT2D eigenvalue weighted by molar-refractivity contribution is -0.143. The zero-order chi connectivity index (χ0) is 16.0. The second-order valence-corrected chi connectivity index (χ2v) is 4.81. The Bertz CT molecular complexity index is 536. The topological polar surface area (TPSA) is 87.7 Å². The summed E-state index contributed by atoms with van der Waals surface area (Å²) in [4.78, 5) is 23.2. The first-order chi connectivity index (χ1) is 9.82. The van der Waals surface area contributed by atoms with Crippen LogP contribution in [-0.2, 0) is 4.79 Å². The third-order valence-electron chi connectivity index (χ3n) is 3.02. The van der Waals surface area contributed by atoms with Gasteiger partial charge in [-0.15, -0.1) is 0 Å². The van der Waals surface area contributed by atoms with Crippen molar-refractivity contribution in [1.29, 1.82) is 0 Å². The van der Waals surface area contributed by atoms with Crippen molar-refractivity contribution < 1.29 is 23.8 Å². The number of carboxylic acid groups (broad SMARTS) is 1. The van der Waals surface area contributed by atoms with E-state index in [0.29, 0.717) is 6.42 Å². The Hall–Kier alpha value is -2.31. The number of nitrogens with one attached hydrogen (secondary N) is 2. The van der Waals surface area contributed by atoms with Gasteiger partial charge >= 0.3 is 12.0 Å². The van der Waals surface area contributed by atoms with E-state index in [1.165, 1.54) is 26.2 Å². The van der Waals surface area contributed by atoms with Gasteiger partial charge in [0.15, 0.2) is 0 Å². The molecule has 0 bridgehead atoms. The monoisotopic (exact) mass is 298 g/mol. The van der Waals surface area contributed by atoms with Gasteiger partial charge in [0.2, 0.25) is 0 Å². The molecule has 0 saturated heterocycles. The molecule has 2 amide bonds. The molecule has 0 aromatic heterocycles. The summed E-state index contributed by atoms with van der Waals surface area (Å²) in [5, 5.41) is 14.1. The number of carboxylic acids is 1. The first kappa shape index (κ1) is 16.7. The number of methoxy groups -OCH3 is 1. The van der Waals surface area contributed by atoms with Crippen LogP contribution in [-0.4, -0.2) is 29.8 Å². The van der Waals surface area contributed by atoms with E-state index in [9.17, 15) is 19.1 Å². The van der Waals surface area contributed by atoms with Crippen LogP contribution in [0.25, 0.3) is 0 Å². The third kappa shape index (κ3) is 4.34. The van der Waals surface area contributed by atoms with Crippen LogP contribution in [0.4, 0.5) is 14.9 Å². The second-order valence-electron chi connectivity index (χ2n) is 4.81. The highest BCUT2D eigenvalue weighted by molar-refractivity contribution is 5.94. The quantitative estimate of drug-likeness (QED) is 0.753. The van der Waals surface area contributed by atoms with E-state index in [2.05, 4.69) is 10.6 Å². The Kier molecular flexibility index (Phi) is 5.52. The van der Waals surface area contributed by atoms with Gasteiger partial charge in [-0.3, -0.25) is 0 Å². The van der Waals surface area contributed by atoms with Crippen LogP contribution in [0.3, 0.4) is 0 Å². The Balaban J connectivity index is 2.84. The SMILES string of the molecule is CCCC(C)(NC(=O)Nc1ccc(F)cc1OC)C(=O)O. The van der Waals surface area contributed by atoms with E-state index in [-0.39, 0.29) is 17.9 Å². The van der Waals surface area contributed by atoms with Gasteiger partial charge in [0.1, 0.15) is 17.1 Å². The lowest BCUT2D eigenvalue weighted by Gasteiger charge is -2.26. The summed E-state index contributed by atoms with van der Waals surface area (Å²) in [6, 6.07) is 2.93. The van der Waals surface area contributed by atoms with Gasteiger partial charge < -0.3 is 20.5 Å². The van der Waals surface area contributed by atoms with Gasteiger partial charge in [0.05, 0.1) is 12.8 Å². The molecule has 0 aliphatic carbocycles. The normalized spacial score (nSPS) is 13.1. The highest BCUT2D eigenvalue weighted by atomic mass is 19.1. The van der Waals surface area contributed by atoms with Crippen molar-refractivity contribution in [2.75, 3.05) is 12.4 Å². The van der Waals surface area contributed by atoms with Crippen molar-refractivity contribution in [3.8, 4) is 5.75 Å². The van der Waals surface area contributed by atoms with Crippen molar-refractivity contribution in [3.05, 3.63) is 24.0 Å². The van der Waals surface area contributed by atoms with Crippen molar-refractivity contribution in [2.45, 2.75) is 32.2 Å². The summed E-state index contributed by atoms with van der Waals surface area (Å²) in [5.41, 5.74) is -1.12. The number of ether oxygens (including phenoxy) is 1. The lowest BCUT2D eigenvalue weighted by Crippen LogP contribution is -2.53. The van der Waals surface area contributed by atoms with E-state index >= 15 is 0 Å². The average molecular weight is 298 g/mol. The lowest BCUT2D eigenvalue weighted by atomic mass is 9.97. The predicted octanol–water partition coefficient (Wildman–Crippen LogP) is 2.60. The maximum Gasteiger partial charge on any atom is 0.329 e. The van der Waals surface area contributed by atoms with Crippen molar-refractivity contribution in [1.82, 2.24) is 5.32 Å². The zero-order valence-electron chi connectivity index (χ0n) is 12.2. The van der Waals surface area contributed by atoms with E-state index in [4.69, 9.17) is 4.74 Å². The fraction of sp³-hybridized carbons (Fsp3) is 0.429. The fourth-order valence-corrected chi connectivity index (χ4v) is 1.90. The molecule has 0 radical (unpaired) electrons. The molecular formula is C14H19FN2O4. The molecule has 0 spiro atoms. The van der Waals surface area contributed by atoms with Gasteiger partial charge in [-0.1, -0.05) is 13.3 Å². The number of hydrogen-bond donors (Lipinski definition) is 3. The number of aliphatic carboxylic acids is 1. The first-order valence-corrected chi connectivity index (χ1v) is 6.48. The average Bonchev–Trinajstić information content (AvgIpc) is 2.40. The Morgan fingerprint density at radius 1 is 1.43 bits per heavy atom. The number of benzene rings is 1. The minimum Gasteiger partial charge on any atom is -0.494 e. The largest absolute Gasteiger partial charge is 0.494 e.